The first-order valence-electron chi connectivity index (χ1n) is 11.0. The minimum Gasteiger partial charge on any atom is -0.339 e. The third kappa shape index (κ3) is 4.10. The van der Waals surface area contributed by atoms with Crippen LogP contribution >= 0.6 is 0 Å². The van der Waals surface area contributed by atoms with Crippen LogP contribution in [0.1, 0.15) is 40.4 Å². The summed E-state index contributed by atoms with van der Waals surface area (Å²) >= 11 is 0. The standard InChI is InChI=1S/C23H24F3N7O/c1-13-4-6-18(33-12-28-14(2)30-33)21(29-13)22(34)32-11-16-8-15(16)9-20(32)31(3)19-7-5-17(10-27-19)23(24,25)26/h4-7,10,12,15-16,20H,8-9,11H2,1-3H3. The highest BCUT2D eigenvalue weighted by Crippen LogP contribution is 2.48. The molecule has 3 aromatic heterocycles. The first-order chi connectivity index (χ1) is 16.1. The van der Waals surface area contributed by atoms with Crippen LogP contribution in [0.25, 0.3) is 5.69 Å². The van der Waals surface area contributed by atoms with Crippen LogP contribution in [0, 0.1) is 25.7 Å². The van der Waals surface area contributed by atoms with E-state index in [0.717, 1.165) is 25.1 Å². The van der Waals surface area contributed by atoms with E-state index in [-0.39, 0.29) is 17.8 Å². The molecule has 5 rings (SSSR count). The maximum Gasteiger partial charge on any atom is 0.417 e. The summed E-state index contributed by atoms with van der Waals surface area (Å²) in [6, 6.07) is 5.97. The fourth-order valence-electron chi connectivity index (χ4n) is 4.58. The Bertz CT molecular complexity index is 1220. The van der Waals surface area contributed by atoms with Crippen molar-refractivity contribution < 1.29 is 18.0 Å². The predicted molar refractivity (Wildman–Crippen MR) is 117 cm³/mol. The molecule has 1 saturated carbocycles. The quantitative estimate of drug-likeness (QED) is 0.578. The average molecular weight is 471 g/mol. The van der Waals surface area contributed by atoms with Crippen molar-refractivity contribution in [2.45, 2.75) is 39.0 Å². The number of piperidine rings is 1. The lowest BCUT2D eigenvalue weighted by Crippen LogP contribution is -2.53. The number of alkyl halides is 3. The van der Waals surface area contributed by atoms with Crippen LogP contribution in [0.5, 0.6) is 0 Å². The number of aromatic nitrogens is 5. The molecule has 0 radical (unpaired) electrons. The lowest BCUT2D eigenvalue weighted by atomic mass is 10.1. The van der Waals surface area contributed by atoms with E-state index in [0.29, 0.717) is 41.4 Å². The summed E-state index contributed by atoms with van der Waals surface area (Å²) < 4.78 is 40.5. The number of likely N-dealkylation sites (tertiary alicyclic amines) is 1. The number of aryl methyl sites for hydroxylation is 2. The molecule has 0 bridgehead atoms. The molecule has 0 aromatic carbocycles. The summed E-state index contributed by atoms with van der Waals surface area (Å²) in [5.74, 6) is 1.62. The van der Waals surface area contributed by atoms with Gasteiger partial charge in [0.1, 0.15) is 24.1 Å². The van der Waals surface area contributed by atoms with Crippen LogP contribution in [-0.4, -0.2) is 55.3 Å². The van der Waals surface area contributed by atoms with Crippen LogP contribution < -0.4 is 4.90 Å². The molecule has 3 unspecified atom stereocenters. The number of pyridine rings is 2. The van der Waals surface area contributed by atoms with E-state index >= 15 is 0 Å². The van der Waals surface area contributed by atoms with Gasteiger partial charge < -0.3 is 9.80 Å². The van der Waals surface area contributed by atoms with E-state index in [2.05, 4.69) is 20.1 Å². The molecule has 0 spiro atoms. The number of carbonyl (C=O) groups is 1. The number of anilines is 1. The minimum absolute atomic E-state index is 0.249. The van der Waals surface area contributed by atoms with E-state index in [1.165, 1.54) is 10.7 Å². The zero-order chi connectivity index (χ0) is 24.2. The number of hydrogen-bond donors (Lipinski definition) is 0. The van der Waals surface area contributed by atoms with Crippen molar-refractivity contribution in [1.82, 2.24) is 29.6 Å². The Morgan fingerprint density at radius 3 is 2.53 bits per heavy atom. The number of hydrogen-bond acceptors (Lipinski definition) is 6. The van der Waals surface area contributed by atoms with Crippen molar-refractivity contribution in [1.29, 1.82) is 0 Å². The maximum atomic E-state index is 13.9. The number of rotatable bonds is 4. The second kappa shape index (κ2) is 8.07. The van der Waals surface area contributed by atoms with E-state index in [1.54, 1.807) is 36.2 Å². The van der Waals surface area contributed by atoms with Crippen molar-refractivity contribution in [3.8, 4) is 5.69 Å². The van der Waals surface area contributed by atoms with E-state index in [1.807, 2.05) is 13.0 Å². The van der Waals surface area contributed by atoms with Gasteiger partial charge in [-0.2, -0.15) is 18.3 Å². The van der Waals surface area contributed by atoms with Gasteiger partial charge in [-0.3, -0.25) is 4.79 Å². The summed E-state index contributed by atoms with van der Waals surface area (Å²) in [6.45, 7) is 4.14. The van der Waals surface area contributed by atoms with Gasteiger partial charge in [0.15, 0.2) is 5.69 Å². The molecule has 0 N–H and O–H groups in total. The highest BCUT2D eigenvalue weighted by Gasteiger charge is 2.49. The highest BCUT2D eigenvalue weighted by atomic mass is 19.4. The van der Waals surface area contributed by atoms with Gasteiger partial charge in [-0.15, -0.1) is 0 Å². The van der Waals surface area contributed by atoms with Crippen LogP contribution in [0.15, 0.2) is 36.8 Å². The van der Waals surface area contributed by atoms with E-state index in [4.69, 9.17) is 0 Å². The molecule has 3 atom stereocenters. The number of amides is 1. The van der Waals surface area contributed by atoms with Crippen LogP contribution in [0.2, 0.25) is 0 Å². The third-order valence-electron chi connectivity index (χ3n) is 6.59. The summed E-state index contributed by atoms with van der Waals surface area (Å²) in [7, 11) is 1.76. The summed E-state index contributed by atoms with van der Waals surface area (Å²) in [5, 5.41) is 4.33. The Morgan fingerprint density at radius 2 is 1.88 bits per heavy atom. The van der Waals surface area contributed by atoms with Crippen LogP contribution in [0.3, 0.4) is 0 Å². The molecule has 178 valence electrons. The SMILES string of the molecule is Cc1ccc(-n2cnc(C)n2)c(C(=O)N2CC3CC3CC2N(C)c2ccc(C(F)(F)F)cn2)n1. The molecule has 4 heterocycles. The molecule has 2 fully saturated rings. The smallest absolute Gasteiger partial charge is 0.339 e. The van der Waals surface area contributed by atoms with Gasteiger partial charge in [-0.1, -0.05) is 0 Å². The molecular formula is C23H24F3N7O. The molecule has 8 nitrogen and oxygen atoms in total. The average Bonchev–Trinajstić information content (AvgIpc) is 3.45. The maximum absolute atomic E-state index is 13.9. The van der Waals surface area contributed by atoms with Crippen LogP contribution in [-0.2, 0) is 6.18 Å². The van der Waals surface area contributed by atoms with Crippen molar-refractivity contribution in [3.63, 3.8) is 0 Å². The van der Waals surface area contributed by atoms with Gasteiger partial charge in [0, 0.05) is 25.5 Å². The fourth-order valence-corrected chi connectivity index (χ4v) is 4.58. The fraction of sp³-hybridized carbons (Fsp3) is 0.435. The molecule has 1 aliphatic heterocycles. The van der Waals surface area contributed by atoms with Crippen molar-refractivity contribution in [2.75, 3.05) is 18.5 Å². The number of carbonyl (C=O) groups excluding carboxylic acids is 1. The van der Waals surface area contributed by atoms with Gasteiger partial charge in [0.05, 0.1) is 11.3 Å². The Hall–Kier alpha value is -3.50. The molecule has 3 aromatic rings. The van der Waals surface area contributed by atoms with Crippen molar-refractivity contribution >= 4 is 11.7 Å². The van der Waals surface area contributed by atoms with Crippen molar-refractivity contribution in [2.24, 2.45) is 11.8 Å². The topological polar surface area (TPSA) is 80.0 Å². The summed E-state index contributed by atoms with van der Waals surface area (Å²) in [6.07, 6.45) is -0.682. The number of nitrogens with zero attached hydrogens (tertiary/aromatic N) is 7. The third-order valence-corrected chi connectivity index (χ3v) is 6.59. The van der Waals surface area contributed by atoms with Gasteiger partial charge >= 0.3 is 6.18 Å². The zero-order valence-corrected chi connectivity index (χ0v) is 19.0. The zero-order valence-electron chi connectivity index (χ0n) is 19.0. The Kier molecular flexibility index (Phi) is 5.29. The molecule has 1 saturated heterocycles. The van der Waals surface area contributed by atoms with Crippen molar-refractivity contribution in [3.05, 3.63) is 59.6 Å². The van der Waals surface area contributed by atoms with Gasteiger partial charge in [-0.25, -0.2) is 19.6 Å². The normalized spacial score (nSPS) is 21.8. The van der Waals surface area contributed by atoms with Gasteiger partial charge in [-0.05, 0) is 62.8 Å². The molecule has 1 amide bonds. The molecule has 1 aliphatic carbocycles. The van der Waals surface area contributed by atoms with E-state index in [9.17, 15) is 18.0 Å². The Morgan fingerprint density at radius 1 is 1.09 bits per heavy atom. The van der Waals surface area contributed by atoms with Gasteiger partial charge in [0.2, 0.25) is 0 Å². The lowest BCUT2D eigenvalue weighted by Gasteiger charge is -2.41. The lowest BCUT2D eigenvalue weighted by molar-refractivity contribution is -0.137. The van der Waals surface area contributed by atoms with Crippen LogP contribution in [0.4, 0.5) is 19.0 Å². The molecule has 2 aliphatic rings. The van der Waals surface area contributed by atoms with E-state index < -0.39 is 11.7 Å². The Balaban J connectivity index is 1.48. The first-order valence-corrected chi connectivity index (χ1v) is 11.0. The highest BCUT2D eigenvalue weighted by molar-refractivity contribution is 5.96. The number of halogens is 3. The van der Waals surface area contributed by atoms with Gasteiger partial charge in [0.25, 0.3) is 5.91 Å². The summed E-state index contributed by atoms with van der Waals surface area (Å²) in [5.41, 5.74) is 0.686. The monoisotopic (exact) mass is 471 g/mol. The second-order valence-corrected chi connectivity index (χ2v) is 9.00. The molecule has 11 heteroatoms. The minimum atomic E-state index is -4.45. The molecule has 34 heavy (non-hydrogen) atoms. The Labute approximate surface area is 194 Å². The largest absolute Gasteiger partial charge is 0.417 e. The second-order valence-electron chi connectivity index (χ2n) is 9.00. The number of fused-ring (bicyclic) bond motifs is 1. The summed E-state index contributed by atoms with van der Waals surface area (Å²) in [4.78, 5) is 30.1. The molecular weight excluding hydrogens is 447 g/mol. The predicted octanol–water partition coefficient (Wildman–Crippen LogP) is 3.64. The first kappa shape index (κ1) is 22.3.